The molecule has 2 N–H and O–H groups in total. The predicted octanol–water partition coefficient (Wildman–Crippen LogP) is 1.01. The first-order valence-corrected chi connectivity index (χ1v) is 10.8. The number of carbonyl (C=O) groups is 3. The Morgan fingerprint density at radius 3 is 2.00 bits per heavy atom. The lowest BCUT2D eigenvalue weighted by Crippen LogP contribution is -2.53. The van der Waals surface area contributed by atoms with Gasteiger partial charge in [-0.3, -0.25) is 19.4 Å². The quantitative estimate of drug-likeness (QED) is 0.660. The lowest BCUT2D eigenvalue weighted by Gasteiger charge is -2.35. The van der Waals surface area contributed by atoms with Crippen molar-refractivity contribution in [3.8, 4) is 0 Å². The molecule has 2 aromatic carbocycles. The maximum atomic E-state index is 13.7. The number of benzene rings is 2. The summed E-state index contributed by atoms with van der Waals surface area (Å²) < 4.78 is 0. The molecular formula is C24H28N4O4. The summed E-state index contributed by atoms with van der Waals surface area (Å²) in [6.07, 6.45) is -0.424. The molecule has 2 aliphatic rings. The monoisotopic (exact) mass is 436 g/mol. The molecule has 0 aliphatic carbocycles. The van der Waals surface area contributed by atoms with Gasteiger partial charge >= 0.3 is 6.03 Å². The summed E-state index contributed by atoms with van der Waals surface area (Å²) in [4.78, 5) is 44.3. The van der Waals surface area contributed by atoms with Crippen molar-refractivity contribution in [3.63, 3.8) is 0 Å². The van der Waals surface area contributed by atoms with Crippen LogP contribution < -0.4 is 5.32 Å². The molecule has 2 heterocycles. The molecule has 32 heavy (non-hydrogen) atoms. The smallest absolute Gasteiger partial charge is 0.326 e. The summed E-state index contributed by atoms with van der Waals surface area (Å²) in [6.45, 7) is 4.29. The van der Waals surface area contributed by atoms with Gasteiger partial charge in [-0.15, -0.1) is 0 Å². The van der Waals surface area contributed by atoms with Crippen LogP contribution in [0.15, 0.2) is 60.7 Å². The number of piperazine rings is 1. The first-order chi connectivity index (χ1) is 15.4. The second-order valence-corrected chi connectivity index (χ2v) is 8.33. The molecule has 168 valence electrons. The van der Waals surface area contributed by atoms with Gasteiger partial charge < -0.3 is 15.3 Å². The van der Waals surface area contributed by atoms with E-state index in [1.165, 1.54) is 0 Å². The molecule has 0 saturated carbocycles. The number of carbonyl (C=O) groups excluding carboxylic acids is 3. The van der Waals surface area contributed by atoms with Gasteiger partial charge in [-0.1, -0.05) is 60.7 Å². The third-order valence-corrected chi connectivity index (χ3v) is 6.06. The van der Waals surface area contributed by atoms with Crippen LogP contribution in [0.2, 0.25) is 0 Å². The zero-order chi connectivity index (χ0) is 22.7. The summed E-state index contributed by atoms with van der Waals surface area (Å²) in [6, 6.07) is 17.6. The number of aliphatic hydroxyl groups is 1. The predicted molar refractivity (Wildman–Crippen MR) is 119 cm³/mol. The molecule has 0 radical (unpaired) electrons. The fourth-order valence-corrected chi connectivity index (χ4v) is 4.44. The van der Waals surface area contributed by atoms with E-state index in [0.717, 1.165) is 4.90 Å². The average molecular weight is 437 g/mol. The van der Waals surface area contributed by atoms with Crippen molar-refractivity contribution in [2.24, 2.45) is 0 Å². The van der Waals surface area contributed by atoms with Crippen molar-refractivity contribution in [3.05, 3.63) is 71.8 Å². The van der Waals surface area contributed by atoms with E-state index in [9.17, 15) is 19.5 Å². The Hall–Kier alpha value is -3.23. The van der Waals surface area contributed by atoms with Crippen molar-refractivity contribution in [1.82, 2.24) is 20.0 Å². The van der Waals surface area contributed by atoms with Crippen LogP contribution in [-0.4, -0.2) is 83.0 Å². The van der Waals surface area contributed by atoms with Crippen molar-refractivity contribution >= 4 is 17.8 Å². The second-order valence-electron chi connectivity index (χ2n) is 8.33. The lowest BCUT2D eigenvalue weighted by atomic mass is 9.82. The summed E-state index contributed by atoms with van der Waals surface area (Å²) in [7, 11) is 0. The van der Waals surface area contributed by atoms with Crippen molar-refractivity contribution in [2.45, 2.75) is 18.6 Å². The van der Waals surface area contributed by atoms with Crippen LogP contribution in [0.25, 0.3) is 0 Å². The lowest BCUT2D eigenvalue weighted by molar-refractivity contribution is -0.139. The van der Waals surface area contributed by atoms with Crippen LogP contribution in [0.1, 0.15) is 18.1 Å². The second kappa shape index (κ2) is 9.10. The molecule has 2 fully saturated rings. The molecule has 0 unspecified atom stereocenters. The highest BCUT2D eigenvalue weighted by molar-refractivity contribution is 6.11. The first-order valence-electron chi connectivity index (χ1n) is 10.8. The van der Waals surface area contributed by atoms with Crippen LogP contribution in [0.4, 0.5) is 4.79 Å². The molecule has 2 aromatic rings. The van der Waals surface area contributed by atoms with E-state index in [2.05, 4.69) is 10.2 Å². The van der Waals surface area contributed by atoms with E-state index in [4.69, 9.17) is 0 Å². The molecule has 4 rings (SSSR count). The van der Waals surface area contributed by atoms with Gasteiger partial charge in [0.25, 0.3) is 5.91 Å². The average Bonchev–Trinajstić information content (AvgIpc) is 3.06. The van der Waals surface area contributed by atoms with Crippen LogP contribution in [0.3, 0.4) is 0 Å². The van der Waals surface area contributed by atoms with Crippen molar-refractivity contribution in [1.29, 1.82) is 0 Å². The van der Waals surface area contributed by atoms with E-state index >= 15 is 0 Å². The summed E-state index contributed by atoms with van der Waals surface area (Å²) in [5.41, 5.74) is -0.0759. The zero-order valence-corrected chi connectivity index (χ0v) is 18.1. The summed E-state index contributed by atoms with van der Waals surface area (Å²) >= 11 is 0. The van der Waals surface area contributed by atoms with E-state index in [0.29, 0.717) is 43.9 Å². The highest BCUT2D eigenvalue weighted by Gasteiger charge is 2.54. The Morgan fingerprint density at radius 2 is 1.50 bits per heavy atom. The number of amides is 4. The number of β-amino-alcohol motifs (C(OH)–C–C–N with tert-alkyl or cyclic N) is 1. The normalized spacial score (nSPS) is 19.7. The molecule has 0 aromatic heterocycles. The number of hydrogen-bond donors (Lipinski definition) is 2. The van der Waals surface area contributed by atoms with Gasteiger partial charge in [-0.05, 0) is 18.1 Å². The maximum absolute atomic E-state index is 13.7. The summed E-state index contributed by atoms with van der Waals surface area (Å²) in [5.74, 6) is -0.719. The molecule has 8 heteroatoms. The SMILES string of the molecule is C[C@@H](O)CN1CCN(C(=O)CN2C(=O)NC(c3ccccc3)(c3ccccc3)C2=O)CC1. The number of hydrogen-bond acceptors (Lipinski definition) is 5. The van der Waals surface area contributed by atoms with Gasteiger partial charge in [-0.25, -0.2) is 4.79 Å². The molecule has 0 bridgehead atoms. The zero-order valence-electron chi connectivity index (χ0n) is 18.1. The summed E-state index contributed by atoms with van der Waals surface area (Å²) in [5, 5.41) is 12.4. The van der Waals surface area contributed by atoms with Crippen LogP contribution >= 0.6 is 0 Å². The number of aliphatic hydroxyl groups excluding tert-OH is 1. The fraction of sp³-hybridized carbons (Fsp3) is 0.375. The number of urea groups is 1. The van der Waals surface area contributed by atoms with Gasteiger partial charge in [0, 0.05) is 32.7 Å². The first kappa shape index (κ1) is 22.0. The molecule has 0 spiro atoms. The molecule has 1 atom stereocenters. The minimum Gasteiger partial charge on any atom is -0.392 e. The van der Waals surface area contributed by atoms with Gasteiger partial charge in [0.1, 0.15) is 6.54 Å². The van der Waals surface area contributed by atoms with Crippen LogP contribution in [-0.2, 0) is 15.1 Å². The molecule has 8 nitrogen and oxygen atoms in total. The largest absolute Gasteiger partial charge is 0.392 e. The maximum Gasteiger partial charge on any atom is 0.326 e. The van der Waals surface area contributed by atoms with Gasteiger partial charge in [0.05, 0.1) is 6.10 Å². The van der Waals surface area contributed by atoms with Crippen LogP contribution in [0, 0.1) is 0 Å². The minimum atomic E-state index is -1.37. The molecule has 2 aliphatic heterocycles. The number of rotatable bonds is 6. The number of nitrogens with one attached hydrogen (secondary N) is 1. The topological polar surface area (TPSA) is 93.2 Å². The molecule has 2 saturated heterocycles. The fourth-order valence-electron chi connectivity index (χ4n) is 4.44. The Labute approximate surface area is 187 Å². The Balaban J connectivity index is 1.53. The van der Waals surface area contributed by atoms with Crippen LogP contribution in [0.5, 0.6) is 0 Å². The van der Waals surface area contributed by atoms with E-state index in [1.54, 1.807) is 36.1 Å². The minimum absolute atomic E-state index is 0.262. The molecule has 4 amide bonds. The van der Waals surface area contributed by atoms with E-state index < -0.39 is 23.6 Å². The number of imide groups is 1. The molecular weight excluding hydrogens is 408 g/mol. The Bertz CT molecular complexity index is 933. The van der Waals surface area contributed by atoms with Crippen molar-refractivity contribution in [2.75, 3.05) is 39.3 Å². The van der Waals surface area contributed by atoms with E-state index in [1.807, 2.05) is 36.4 Å². The highest BCUT2D eigenvalue weighted by Crippen LogP contribution is 2.35. The third-order valence-electron chi connectivity index (χ3n) is 6.06. The Morgan fingerprint density at radius 1 is 0.969 bits per heavy atom. The van der Waals surface area contributed by atoms with E-state index in [-0.39, 0.29) is 12.5 Å². The number of nitrogens with zero attached hydrogens (tertiary/aromatic N) is 3. The van der Waals surface area contributed by atoms with Crippen molar-refractivity contribution < 1.29 is 19.5 Å². The Kier molecular flexibility index (Phi) is 6.25. The van der Waals surface area contributed by atoms with Gasteiger partial charge in [-0.2, -0.15) is 0 Å². The van der Waals surface area contributed by atoms with Gasteiger partial charge in [0.15, 0.2) is 5.54 Å². The highest BCUT2D eigenvalue weighted by atomic mass is 16.3. The standard InChI is InChI=1S/C24H28N4O4/c1-18(29)16-26-12-14-27(15-13-26)21(30)17-28-22(31)24(25-23(28)32,19-8-4-2-5-9-19)20-10-6-3-7-11-20/h2-11,18,29H,12-17H2,1H3,(H,25,32)/t18-/m1/s1. The third kappa shape index (κ3) is 4.11. The van der Waals surface area contributed by atoms with Gasteiger partial charge in [0.2, 0.25) is 5.91 Å².